The lowest BCUT2D eigenvalue weighted by molar-refractivity contribution is -0.132. The second-order valence-electron chi connectivity index (χ2n) is 6.42. The minimum Gasteiger partial charge on any atom is -0.507 e. The van der Waals surface area contributed by atoms with Gasteiger partial charge in [-0.25, -0.2) is 0 Å². The van der Waals surface area contributed by atoms with Crippen LogP contribution in [0.3, 0.4) is 0 Å². The molecule has 1 atom stereocenters. The predicted molar refractivity (Wildman–Crippen MR) is 112 cm³/mol. The Morgan fingerprint density at radius 3 is 2.00 bits per heavy atom. The average molecular weight is 434 g/mol. The number of para-hydroxylation sites is 1. The van der Waals surface area contributed by atoms with Gasteiger partial charge in [-0.05, 0) is 29.8 Å². The van der Waals surface area contributed by atoms with Crippen LogP contribution in [-0.4, -0.2) is 16.8 Å². The normalized spacial score (nSPS) is 18.5. The first-order valence-electron chi connectivity index (χ1n) is 8.75. The fraction of sp³-hybridized carbons (Fsp3) is 0.0435. The van der Waals surface area contributed by atoms with E-state index in [-0.39, 0.29) is 11.3 Å². The Labute approximate surface area is 170 Å². The van der Waals surface area contributed by atoms with E-state index in [1.807, 2.05) is 48.5 Å². The fourth-order valence-electron chi connectivity index (χ4n) is 3.40. The molecule has 138 valence electrons. The minimum atomic E-state index is -0.712. The Balaban J connectivity index is 1.95. The Bertz CT molecular complexity index is 1060. The molecule has 0 spiro atoms. The van der Waals surface area contributed by atoms with Crippen molar-refractivity contribution in [2.75, 3.05) is 4.90 Å². The van der Waals surface area contributed by atoms with Gasteiger partial charge in [-0.2, -0.15) is 0 Å². The number of halogens is 1. The molecule has 0 radical (unpaired) electrons. The Kier molecular flexibility index (Phi) is 4.84. The van der Waals surface area contributed by atoms with Crippen molar-refractivity contribution >= 4 is 39.1 Å². The summed E-state index contributed by atoms with van der Waals surface area (Å²) in [6.45, 7) is 0. The van der Waals surface area contributed by atoms with E-state index >= 15 is 0 Å². The first-order valence-corrected chi connectivity index (χ1v) is 9.54. The Hall–Kier alpha value is -3.18. The van der Waals surface area contributed by atoms with E-state index in [2.05, 4.69) is 15.9 Å². The summed E-state index contributed by atoms with van der Waals surface area (Å²) in [5.74, 6) is -1.53. The highest BCUT2D eigenvalue weighted by Crippen LogP contribution is 2.42. The molecule has 4 nitrogen and oxygen atoms in total. The molecule has 0 aliphatic carbocycles. The number of hydrogen-bond acceptors (Lipinski definition) is 3. The largest absolute Gasteiger partial charge is 0.507 e. The van der Waals surface area contributed by atoms with Crippen LogP contribution in [0.1, 0.15) is 17.2 Å². The SMILES string of the molecule is O=C1C(=O)N(c2ccccc2)C(c2ccc(Br)cc2)/C1=C(\O)c1ccccc1. The van der Waals surface area contributed by atoms with Crippen molar-refractivity contribution < 1.29 is 14.7 Å². The van der Waals surface area contributed by atoms with Crippen LogP contribution in [0.25, 0.3) is 5.76 Å². The van der Waals surface area contributed by atoms with Gasteiger partial charge in [0, 0.05) is 15.7 Å². The van der Waals surface area contributed by atoms with E-state index < -0.39 is 17.7 Å². The number of benzene rings is 3. The summed E-state index contributed by atoms with van der Waals surface area (Å²) in [7, 11) is 0. The zero-order valence-corrected chi connectivity index (χ0v) is 16.3. The van der Waals surface area contributed by atoms with Gasteiger partial charge in [0.15, 0.2) is 0 Å². The zero-order valence-electron chi connectivity index (χ0n) is 14.7. The molecule has 1 aliphatic rings. The number of aliphatic hydroxyl groups excluding tert-OH is 1. The minimum absolute atomic E-state index is 0.0855. The molecule has 1 aliphatic heterocycles. The first-order chi connectivity index (χ1) is 13.6. The summed E-state index contributed by atoms with van der Waals surface area (Å²) in [4.78, 5) is 27.3. The summed E-state index contributed by atoms with van der Waals surface area (Å²) in [5.41, 5.74) is 1.92. The van der Waals surface area contributed by atoms with Crippen molar-refractivity contribution in [2.24, 2.45) is 0 Å². The Morgan fingerprint density at radius 1 is 0.821 bits per heavy atom. The van der Waals surface area contributed by atoms with Crippen LogP contribution in [0, 0.1) is 0 Å². The number of rotatable bonds is 3. The van der Waals surface area contributed by atoms with Gasteiger partial charge in [-0.1, -0.05) is 76.6 Å². The Morgan fingerprint density at radius 2 is 1.39 bits per heavy atom. The van der Waals surface area contributed by atoms with E-state index in [9.17, 15) is 14.7 Å². The lowest BCUT2D eigenvalue weighted by Gasteiger charge is -2.25. The number of nitrogens with zero attached hydrogens (tertiary/aromatic N) is 1. The van der Waals surface area contributed by atoms with Gasteiger partial charge in [0.1, 0.15) is 5.76 Å². The lowest BCUT2D eigenvalue weighted by Crippen LogP contribution is -2.29. The second kappa shape index (κ2) is 7.44. The van der Waals surface area contributed by atoms with Crippen LogP contribution in [0.2, 0.25) is 0 Å². The van der Waals surface area contributed by atoms with Crippen molar-refractivity contribution in [3.05, 3.63) is 106 Å². The lowest BCUT2D eigenvalue weighted by atomic mass is 9.95. The quantitative estimate of drug-likeness (QED) is 0.356. The molecule has 1 unspecified atom stereocenters. The number of hydrogen-bond donors (Lipinski definition) is 1. The third-order valence-corrected chi connectivity index (χ3v) is 5.24. The van der Waals surface area contributed by atoms with Gasteiger partial charge in [0.05, 0.1) is 11.6 Å². The van der Waals surface area contributed by atoms with E-state index in [1.54, 1.807) is 36.4 Å². The van der Waals surface area contributed by atoms with E-state index in [0.717, 1.165) is 10.0 Å². The van der Waals surface area contributed by atoms with Gasteiger partial charge in [-0.3, -0.25) is 14.5 Å². The number of anilines is 1. The molecular weight excluding hydrogens is 418 g/mol. The smallest absolute Gasteiger partial charge is 0.300 e. The highest BCUT2D eigenvalue weighted by Gasteiger charge is 2.46. The molecule has 4 rings (SSSR count). The maximum Gasteiger partial charge on any atom is 0.300 e. The number of amides is 1. The van der Waals surface area contributed by atoms with E-state index in [1.165, 1.54) is 4.90 Å². The summed E-state index contributed by atoms with van der Waals surface area (Å²) in [6.07, 6.45) is 0. The summed E-state index contributed by atoms with van der Waals surface area (Å²) < 4.78 is 0.885. The van der Waals surface area contributed by atoms with Crippen molar-refractivity contribution in [1.82, 2.24) is 0 Å². The number of carbonyl (C=O) groups is 2. The van der Waals surface area contributed by atoms with Crippen LogP contribution in [0.5, 0.6) is 0 Å². The number of aliphatic hydroxyl groups is 1. The molecule has 3 aromatic rings. The van der Waals surface area contributed by atoms with Crippen LogP contribution < -0.4 is 4.90 Å². The zero-order chi connectivity index (χ0) is 19.7. The molecule has 3 aromatic carbocycles. The van der Waals surface area contributed by atoms with Gasteiger partial charge < -0.3 is 5.11 Å². The number of carbonyl (C=O) groups excluding carboxylic acids is 2. The maximum absolute atomic E-state index is 12.9. The predicted octanol–water partition coefficient (Wildman–Crippen LogP) is 5.08. The third kappa shape index (κ3) is 3.14. The molecule has 0 saturated carbocycles. The molecule has 0 aromatic heterocycles. The van der Waals surface area contributed by atoms with Gasteiger partial charge in [0.25, 0.3) is 11.7 Å². The molecule has 1 amide bonds. The number of ketones is 1. The summed E-state index contributed by atoms with van der Waals surface area (Å²) in [6, 6.07) is 24.5. The molecular formula is C23H16BrNO3. The molecule has 1 fully saturated rings. The maximum atomic E-state index is 12.9. The fourth-order valence-corrected chi connectivity index (χ4v) is 3.66. The summed E-state index contributed by atoms with van der Waals surface area (Å²) >= 11 is 3.41. The van der Waals surface area contributed by atoms with Gasteiger partial charge in [-0.15, -0.1) is 0 Å². The highest BCUT2D eigenvalue weighted by molar-refractivity contribution is 9.10. The molecule has 1 heterocycles. The third-order valence-electron chi connectivity index (χ3n) is 4.71. The summed E-state index contributed by atoms with van der Waals surface area (Å²) in [5, 5.41) is 10.9. The van der Waals surface area contributed by atoms with Gasteiger partial charge in [0.2, 0.25) is 0 Å². The van der Waals surface area contributed by atoms with Gasteiger partial charge >= 0.3 is 0 Å². The molecule has 5 heteroatoms. The van der Waals surface area contributed by atoms with Crippen LogP contribution in [0.15, 0.2) is 95.0 Å². The number of Topliss-reactive ketones (excluding diaryl/α,β-unsaturated/α-hetero) is 1. The topological polar surface area (TPSA) is 57.6 Å². The van der Waals surface area contributed by atoms with Crippen molar-refractivity contribution in [3.63, 3.8) is 0 Å². The monoisotopic (exact) mass is 433 g/mol. The average Bonchev–Trinajstić information content (AvgIpc) is 3.00. The van der Waals surface area contributed by atoms with Crippen molar-refractivity contribution in [2.45, 2.75) is 6.04 Å². The standard InChI is InChI=1S/C23H16BrNO3/c24-17-13-11-15(12-14-17)20-19(21(26)16-7-3-1-4-8-16)22(27)23(28)25(20)18-9-5-2-6-10-18/h1-14,20,26H/b21-19+. The van der Waals surface area contributed by atoms with Crippen molar-refractivity contribution in [3.8, 4) is 0 Å². The molecule has 0 bridgehead atoms. The molecule has 1 N–H and O–H groups in total. The highest BCUT2D eigenvalue weighted by atomic mass is 79.9. The second-order valence-corrected chi connectivity index (χ2v) is 7.34. The van der Waals surface area contributed by atoms with E-state index in [4.69, 9.17) is 0 Å². The van der Waals surface area contributed by atoms with E-state index in [0.29, 0.717) is 11.3 Å². The molecule has 1 saturated heterocycles. The van der Waals surface area contributed by atoms with Crippen molar-refractivity contribution in [1.29, 1.82) is 0 Å². The molecule has 28 heavy (non-hydrogen) atoms. The van der Waals surface area contributed by atoms with Crippen LogP contribution >= 0.6 is 15.9 Å². The first kappa shape index (κ1) is 18.2. The van der Waals surface area contributed by atoms with Crippen LogP contribution in [-0.2, 0) is 9.59 Å². The van der Waals surface area contributed by atoms with Crippen LogP contribution in [0.4, 0.5) is 5.69 Å².